The monoisotopic (exact) mass is 606 g/mol. The minimum Gasteiger partial charge on any atom is -0.0622 e. The van der Waals surface area contributed by atoms with Crippen LogP contribution in [0.4, 0.5) is 0 Å². The van der Waals surface area contributed by atoms with Crippen LogP contribution in [0.2, 0.25) is 0 Å². The van der Waals surface area contributed by atoms with Gasteiger partial charge in [0.25, 0.3) is 0 Å². The van der Waals surface area contributed by atoms with Crippen molar-refractivity contribution in [2.24, 2.45) is 0 Å². The van der Waals surface area contributed by atoms with Crippen LogP contribution in [0.3, 0.4) is 0 Å². The maximum absolute atomic E-state index is 2.39. The van der Waals surface area contributed by atoms with E-state index in [0.29, 0.717) is 0 Å². The molecule has 0 spiro atoms. The Morgan fingerprint density at radius 2 is 0.646 bits per heavy atom. The maximum Gasteiger partial charge on any atom is -0.00137 e. The molecule has 0 atom stereocenters. The Hall–Kier alpha value is -6.24. The molecule has 0 aromatic heterocycles. The van der Waals surface area contributed by atoms with E-state index in [1.807, 2.05) is 0 Å². The average Bonchev–Trinajstić information content (AvgIpc) is 3.17. The normalized spacial score (nSPS) is 11.8. The fraction of sp³-hybridized carbons (Fsp3) is 0. The number of benzene rings is 10. The smallest absolute Gasteiger partial charge is 0.00137 e. The van der Waals surface area contributed by atoms with Gasteiger partial charge in [-0.25, -0.2) is 0 Å². The van der Waals surface area contributed by atoms with E-state index in [-0.39, 0.29) is 0 Å². The van der Waals surface area contributed by atoms with Crippen molar-refractivity contribution >= 4 is 53.9 Å². The van der Waals surface area contributed by atoms with Crippen molar-refractivity contribution in [1.82, 2.24) is 0 Å². The topological polar surface area (TPSA) is 0 Å². The summed E-state index contributed by atoms with van der Waals surface area (Å²) >= 11 is 0. The number of rotatable bonds is 4. The molecular formula is C48H30. The molecule has 0 saturated heterocycles. The molecule has 10 aromatic carbocycles. The highest BCUT2D eigenvalue weighted by molar-refractivity contribution is 6.41. The summed E-state index contributed by atoms with van der Waals surface area (Å²) in [5, 5.41) is 13.1. The predicted octanol–water partition coefficient (Wildman–Crippen LogP) is 13.6. The minimum absolute atomic E-state index is 1.22. The van der Waals surface area contributed by atoms with Crippen molar-refractivity contribution in [2.75, 3.05) is 0 Å². The van der Waals surface area contributed by atoms with Gasteiger partial charge in [-0.05, 0) is 117 Å². The van der Waals surface area contributed by atoms with Gasteiger partial charge in [0, 0.05) is 0 Å². The second-order valence-corrected chi connectivity index (χ2v) is 12.8. The summed E-state index contributed by atoms with van der Waals surface area (Å²) in [6.07, 6.45) is 0. The number of hydrogen-bond donors (Lipinski definition) is 0. The fourth-order valence-corrected chi connectivity index (χ4v) is 8.12. The average molecular weight is 607 g/mol. The largest absolute Gasteiger partial charge is 0.0622 e. The molecule has 10 rings (SSSR count). The highest BCUT2D eigenvalue weighted by atomic mass is 14.2. The SMILES string of the molecule is c1ccc(-c2cc(-c3ccccc3)cc(-c3c4ccccc4c4c5ccc(-c6ccccc6)c6cccc(c7cccc3c74)c65)c2)cc1. The molecule has 222 valence electrons. The molecule has 48 heavy (non-hydrogen) atoms. The Morgan fingerprint density at radius 3 is 1.29 bits per heavy atom. The molecule has 0 bridgehead atoms. The summed E-state index contributed by atoms with van der Waals surface area (Å²) in [6.45, 7) is 0. The van der Waals surface area contributed by atoms with Crippen molar-refractivity contribution in [1.29, 1.82) is 0 Å². The van der Waals surface area contributed by atoms with Gasteiger partial charge in [0.05, 0.1) is 0 Å². The van der Waals surface area contributed by atoms with Crippen molar-refractivity contribution in [2.45, 2.75) is 0 Å². The minimum atomic E-state index is 1.22. The number of hydrogen-bond acceptors (Lipinski definition) is 0. The first-order valence-corrected chi connectivity index (χ1v) is 16.7. The lowest BCUT2D eigenvalue weighted by Crippen LogP contribution is -1.93. The molecule has 0 aliphatic heterocycles. The molecule has 0 N–H and O–H groups in total. The van der Waals surface area contributed by atoms with Crippen molar-refractivity contribution in [3.05, 3.63) is 182 Å². The van der Waals surface area contributed by atoms with Crippen LogP contribution < -0.4 is 0 Å². The second-order valence-electron chi connectivity index (χ2n) is 12.8. The van der Waals surface area contributed by atoms with Crippen molar-refractivity contribution in [3.8, 4) is 44.5 Å². The molecule has 0 fully saturated rings. The van der Waals surface area contributed by atoms with Crippen molar-refractivity contribution < 1.29 is 0 Å². The first kappa shape index (κ1) is 26.9. The number of fused-ring (bicyclic) bond motifs is 4. The molecule has 0 radical (unpaired) electrons. The molecule has 0 aliphatic carbocycles. The van der Waals surface area contributed by atoms with Gasteiger partial charge >= 0.3 is 0 Å². The summed E-state index contributed by atoms with van der Waals surface area (Å²) in [4.78, 5) is 0. The van der Waals surface area contributed by atoms with Gasteiger partial charge in [-0.2, -0.15) is 0 Å². The molecule has 0 heterocycles. The highest BCUT2D eigenvalue weighted by Gasteiger charge is 2.21. The Balaban J connectivity index is 1.36. The third-order valence-electron chi connectivity index (χ3n) is 10.2. The van der Waals surface area contributed by atoms with E-state index in [1.165, 1.54) is 98.4 Å². The Labute approximate surface area is 279 Å². The van der Waals surface area contributed by atoms with E-state index in [0.717, 1.165) is 0 Å². The van der Waals surface area contributed by atoms with Crippen LogP contribution in [-0.4, -0.2) is 0 Å². The van der Waals surface area contributed by atoms with Gasteiger partial charge in [0.15, 0.2) is 0 Å². The van der Waals surface area contributed by atoms with Gasteiger partial charge in [0.2, 0.25) is 0 Å². The summed E-state index contributed by atoms with van der Waals surface area (Å²) in [5.74, 6) is 0. The lowest BCUT2D eigenvalue weighted by Gasteiger charge is -2.21. The first-order valence-electron chi connectivity index (χ1n) is 16.7. The summed E-state index contributed by atoms with van der Waals surface area (Å²) < 4.78 is 0. The van der Waals surface area contributed by atoms with Crippen LogP contribution in [0.25, 0.3) is 98.4 Å². The summed E-state index contributed by atoms with van der Waals surface area (Å²) in [6, 6.07) is 67.0. The fourth-order valence-electron chi connectivity index (χ4n) is 8.12. The first-order chi connectivity index (χ1) is 23.8. The van der Waals surface area contributed by atoms with Crippen LogP contribution in [0.15, 0.2) is 182 Å². The van der Waals surface area contributed by atoms with E-state index < -0.39 is 0 Å². The van der Waals surface area contributed by atoms with Crippen molar-refractivity contribution in [3.63, 3.8) is 0 Å². The van der Waals surface area contributed by atoms with Crippen LogP contribution in [0.5, 0.6) is 0 Å². The Kier molecular flexibility index (Phi) is 5.98. The van der Waals surface area contributed by atoms with Gasteiger partial charge in [-0.1, -0.05) is 164 Å². The third-order valence-corrected chi connectivity index (χ3v) is 10.2. The Bertz CT molecular complexity index is 2740. The van der Waals surface area contributed by atoms with Gasteiger partial charge in [-0.3, -0.25) is 0 Å². The lowest BCUT2D eigenvalue weighted by molar-refractivity contribution is 1.58. The van der Waals surface area contributed by atoms with Gasteiger partial charge in [0.1, 0.15) is 0 Å². The molecule has 0 saturated carbocycles. The zero-order valence-electron chi connectivity index (χ0n) is 26.3. The van der Waals surface area contributed by atoms with E-state index in [1.54, 1.807) is 0 Å². The molecule has 10 aromatic rings. The molecule has 0 heteroatoms. The zero-order valence-corrected chi connectivity index (χ0v) is 26.3. The van der Waals surface area contributed by atoms with E-state index in [9.17, 15) is 0 Å². The molecule has 0 unspecified atom stereocenters. The van der Waals surface area contributed by atoms with E-state index in [2.05, 4.69) is 182 Å². The van der Waals surface area contributed by atoms with Gasteiger partial charge in [-0.15, -0.1) is 0 Å². The summed E-state index contributed by atoms with van der Waals surface area (Å²) in [5.41, 5.74) is 9.94. The molecular weight excluding hydrogens is 577 g/mol. The van der Waals surface area contributed by atoms with Crippen LogP contribution in [0.1, 0.15) is 0 Å². The quantitative estimate of drug-likeness (QED) is 0.138. The highest BCUT2D eigenvalue weighted by Crippen LogP contribution is 2.49. The maximum atomic E-state index is 2.39. The predicted molar refractivity (Wildman–Crippen MR) is 207 cm³/mol. The van der Waals surface area contributed by atoms with Crippen LogP contribution >= 0.6 is 0 Å². The molecule has 0 nitrogen and oxygen atoms in total. The third kappa shape index (κ3) is 4.03. The molecule has 0 aliphatic rings. The van der Waals surface area contributed by atoms with Gasteiger partial charge < -0.3 is 0 Å². The standard InChI is InChI=1S/C48H30/c1-4-14-31(15-5-1)34-28-35(32-16-6-2-7-17-32)30-36(29-34)45-39-20-10-11-21-41(39)48-44-27-26-37(33-18-8-3-9-19-33)38-22-12-23-40(46(38)44)42-24-13-25-43(45)47(42)48/h1-30H. The lowest BCUT2D eigenvalue weighted by atomic mass is 9.81. The Morgan fingerprint density at radius 1 is 0.208 bits per heavy atom. The zero-order chi connectivity index (χ0) is 31.6. The second kappa shape index (κ2) is 10.7. The van der Waals surface area contributed by atoms with E-state index in [4.69, 9.17) is 0 Å². The van der Waals surface area contributed by atoms with Crippen LogP contribution in [-0.2, 0) is 0 Å². The van der Waals surface area contributed by atoms with E-state index >= 15 is 0 Å². The van der Waals surface area contributed by atoms with Crippen LogP contribution in [0, 0.1) is 0 Å². The summed E-state index contributed by atoms with van der Waals surface area (Å²) in [7, 11) is 0. The molecule has 0 amide bonds.